The van der Waals surface area contributed by atoms with Crippen molar-refractivity contribution in [2.75, 3.05) is 17.2 Å². The van der Waals surface area contributed by atoms with Gasteiger partial charge in [0, 0.05) is 25.2 Å². The van der Waals surface area contributed by atoms with E-state index in [1.165, 1.54) is 11.9 Å². The lowest BCUT2D eigenvalue weighted by atomic mass is 10.2. The minimum Gasteiger partial charge on any atom is -0.368 e. The average Bonchev–Trinajstić information content (AvgIpc) is 2.44. The van der Waals surface area contributed by atoms with Crippen LogP contribution in [0.25, 0.3) is 0 Å². The minimum absolute atomic E-state index is 0.0932. The SMILES string of the molecule is CC(N)CNc1cc(NCc2ccccc2)ncn1. The van der Waals surface area contributed by atoms with Crippen LogP contribution in [0.2, 0.25) is 0 Å². The van der Waals surface area contributed by atoms with Crippen molar-refractivity contribution in [1.29, 1.82) is 0 Å². The Balaban J connectivity index is 1.91. The van der Waals surface area contributed by atoms with E-state index in [2.05, 4.69) is 32.7 Å². The maximum atomic E-state index is 5.69. The summed E-state index contributed by atoms with van der Waals surface area (Å²) in [6, 6.07) is 12.2. The van der Waals surface area contributed by atoms with Gasteiger partial charge in [0.1, 0.15) is 18.0 Å². The number of hydrogen-bond acceptors (Lipinski definition) is 5. The third kappa shape index (κ3) is 4.56. The molecule has 100 valence electrons. The van der Waals surface area contributed by atoms with E-state index in [9.17, 15) is 0 Å². The van der Waals surface area contributed by atoms with Crippen molar-refractivity contribution < 1.29 is 0 Å². The Morgan fingerprint density at radius 3 is 2.47 bits per heavy atom. The number of nitrogens with zero attached hydrogens (tertiary/aromatic N) is 2. The highest BCUT2D eigenvalue weighted by Crippen LogP contribution is 2.10. The van der Waals surface area contributed by atoms with Crippen LogP contribution in [0.1, 0.15) is 12.5 Å². The van der Waals surface area contributed by atoms with Gasteiger partial charge in [-0.05, 0) is 12.5 Å². The van der Waals surface area contributed by atoms with E-state index in [0.717, 1.165) is 18.2 Å². The van der Waals surface area contributed by atoms with Gasteiger partial charge in [-0.3, -0.25) is 0 Å². The Kier molecular flexibility index (Phi) is 4.69. The van der Waals surface area contributed by atoms with Crippen molar-refractivity contribution in [3.8, 4) is 0 Å². The van der Waals surface area contributed by atoms with E-state index < -0.39 is 0 Å². The predicted molar refractivity (Wildman–Crippen MR) is 77.9 cm³/mol. The molecule has 0 bridgehead atoms. The van der Waals surface area contributed by atoms with Crippen LogP contribution in [0.3, 0.4) is 0 Å². The second kappa shape index (κ2) is 6.70. The van der Waals surface area contributed by atoms with E-state index >= 15 is 0 Å². The third-order valence-corrected chi connectivity index (χ3v) is 2.59. The molecule has 0 radical (unpaired) electrons. The molecule has 0 saturated carbocycles. The molecule has 5 nitrogen and oxygen atoms in total. The maximum Gasteiger partial charge on any atom is 0.131 e. The second-order valence-corrected chi connectivity index (χ2v) is 4.49. The fourth-order valence-electron chi connectivity index (χ4n) is 1.60. The summed E-state index contributed by atoms with van der Waals surface area (Å²) in [6.07, 6.45) is 1.54. The number of anilines is 2. The Labute approximate surface area is 113 Å². The van der Waals surface area contributed by atoms with Gasteiger partial charge in [0.05, 0.1) is 0 Å². The lowest BCUT2D eigenvalue weighted by Gasteiger charge is -2.10. The van der Waals surface area contributed by atoms with Crippen molar-refractivity contribution in [2.24, 2.45) is 5.73 Å². The normalized spacial score (nSPS) is 11.9. The van der Waals surface area contributed by atoms with Gasteiger partial charge in [-0.15, -0.1) is 0 Å². The summed E-state index contributed by atoms with van der Waals surface area (Å²) in [4.78, 5) is 8.34. The Bertz CT molecular complexity index is 498. The molecule has 0 spiro atoms. The largest absolute Gasteiger partial charge is 0.368 e. The molecule has 1 atom stereocenters. The molecule has 19 heavy (non-hydrogen) atoms. The van der Waals surface area contributed by atoms with E-state index in [1.807, 2.05) is 31.2 Å². The predicted octanol–water partition coefficient (Wildman–Crippen LogP) is 1.85. The second-order valence-electron chi connectivity index (χ2n) is 4.49. The highest BCUT2D eigenvalue weighted by atomic mass is 15.1. The highest BCUT2D eigenvalue weighted by Gasteiger charge is 2.00. The van der Waals surface area contributed by atoms with Gasteiger partial charge in [-0.2, -0.15) is 0 Å². The molecule has 1 aromatic carbocycles. The van der Waals surface area contributed by atoms with Crippen LogP contribution in [0.4, 0.5) is 11.6 Å². The van der Waals surface area contributed by atoms with Crippen molar-refractivity contribution in [2.45, 2.75) is 19.5 Å². The molecule has 5 heteroatoms. The van der Waals surface area contributed by atoms with E-state index in [0.29, 0.717) is 6.54 Å². The molecular weight excluding hydrogens is 238 g/mol. The summed E-state index contributed by atoms with van der Waals surface area (Å²) in [5.74, 6) is 1.58. The first kappa shape index (κ1) is 13.3. The van der Waals surface area contributed by atoms with Crippen LogP contribution < -0.4 is 16.4 Å². The van der Waals surface area contributed by atoms with Gasteiger partial charge in [-0.25, -0.2) is 9.97 Å². The number of nitrogens with one attached hydrogen (secondary N) is 2. The van der Waals surface area contributed by atoms with Gasteiger partial charge >= 0.3 is 0 Å². The summed E-state index contributed by atoms with van der Waals surface area (Å²) >= 11 is 0. The molecule has 4 N–H and O–H groups in total. The summed E-state index contributed by atoms with van der Waals surface area (Å²) in [7, 11) is 0. The average molecular weight is 257 g/mol. The van der Waals surface area contributed by atoms with E-state index in [1.54, 1.807) is 0 Å². The van der Waals surface area contributed by atoms with Crippen LogP contribution in [-0.2, 0) is 6.54 Å². The molecule has 0 amide bonds. The van der Waals surface area contributed by atoms with E-state index in [4.69, 9.17) is 5.73 Å². The highest BCUT2D eigenvalue weighted by molar-refractivity contribution is 5.46. The molecule has 0 saturated heterocycles. The monoisotopic (exact) mass is 257 g/mol. The van der Waals surface area contributed by atoms with Crippen LogP contribution in [0, 0.1) is 0 Å². The fourth-order valence-corrected chi connectivity index (χ4v) is 1.60. The number of rotatable bonds is 6. The zero-order chi connectivity index (χ0) is 13.5. The van der Waals surface area contributed by atoms with Gasteiger partial charge in [-0.1, -0.05) is 30.3 Å². The molecule has 1 unspecified atom stereocenters. The zero-order valence-electron chi connectivity index (χ0n) is 11.0. The lowest BCUT2D eigenvalue weighted by molar-refractivity contribution is 0.777. The van der Waals surface area contributed by atoms with Crippen molar-refractivity contribution in [1.82, 2.24) is 9.97 Å². The summed E-state index contributed by atoms with van der Waals surface area (Å²) in [5, 5.41) is 6.43. The number of aromatic nitrogens is 2. The first-order chi connectivity index (χ1) is 9.24. The first-order valence-electron chi connectivity index (χ1n) is 6.33. The standard InChI is InChI=1S/C14H19N5/c1-11(15)8-16-13-7-14(19-10-18-13)17-9-12-5-3-2-4-6-12/h2-7,10-11H,8-9,15H2,1H3,(H2,16,17,18,19). The molecule has 2 rings (SSSR count). The van der Waals surface area contributed by atoms with Crippen LogP contribution in [0.15, 0.2) is 42.7 Å². The molecule has 0 fully saturated rings. The van der Waals surface area contributed by atoms with Gasteiger partial charge < -0.3 is 16.4 Å². The first-order valence-corrected chi connectivity index (χ1v) is 6.33. The number of nitrogens with two attached hydrogens (primary N) is 1. The molecule has 1 heterocycles. The van der Waals surface area contributed by atoms with Gasteiger partial charge in [0.15, 0.2) is 0 Å². The van der Waals surface area contributed by atoms with Crippen LogP contribution in [-0.4, -0.2) is 22.6 Å². The fraction of sp³-hybridized carbons (Fsp3) is 0.286. The molecule has 0 aliphatic carbocycles. The smallest absolute Gasteiger partial charge is 0.131 e. The lowest BCUT2D eigenvalue weighted by Crippen LogP contribution is -2.25. The van der Waals surface area contributed by atoms with Crippen molar-refractivity contribution in [3.63, 3.8) is 0 Å². The summed E-state index contributed by atoms with van der Waals surface area (Å²) < 4.78 is 0. The third-order valence-electron chi connectivity index (χ3n) is 2.59. The zero-order valence-corrected chi connectivity index (χ0v) is 11.0. The molecule has 0 aliphatic heterocycles. The van der Waals surface area contributed by atoms with Crippen molar-refractivity contribution >= 4 is 11.6 Å². The summed E-state index contributed by atoms with van der Waals surface area (Å²) in [5.41, 5.74) is 6.91. The number of hydrogen-bond donors (Lipinski definition) is 3. The molecule has 1 aromatic heterocycles. The summed E-state index contributed by atoms with van der Waals surface area (Å²) in [6.45, 7) is 3.38. The van der Waals surface area contributed by atoms with E-state index in [-0.39, 0.29) is 6.04 Å². The topological polar surface area (TPSA) is 75.9 Å². The van der Waals surface area contributed by atoms with Gasteiger partial charge in [0.25, 0.3) is 0 Å². The molecular formula is C14H19N5. The van der Waals surface area contributed by atoms with Crippen LogP contribution >= 0.6 is 0 Å². The van der Waals surface area contributed by atoms with Crippen molar-refractivity contribution in [3.05, 3.63) is 48.3 Å². The Morgan fingerprint density at radius 1 is 1.11 bits per heavy atom. The minimum atomic E-state index is 0.0932. The number of benzene rings is 1. The molecule has 0 aliphatic rings. The van der Waals surface area contributed by atoms with Crippen LogP contribution in [0.5, 0.6) is 0 Å². The Hall–Kier alpha value is -2.14. The van der Waals surface area contributed by atoms with Gasteiger partial charge in [0.2, 0.25) is 0 Å². The maximum absolute atomic E-state index is 5.69. The quantitative estimate of drug-likeness (QED) is 0.736. The molecule has 2 aromatic rings. The Morgan fingerprint density at radius 2 is 1.79 bits per heavy atom.